The highest BCUT2D eigenvalue weighted by Gasteiger charge is 2.19. The van der Waals surface area contributed by atoms with Crippen molar-refractivity contribution in [2.45, 2.75) is 310 Å². The molecule has 0 heterocycles. The van der Waals surface area contributed by atoms with Crippen molar-refractivity contribution in [1.29, 1.82) is 0 Å². The second-order valence-corrected chi connectivity index (χ2v) is 18.8. The molecule has 6 heteroatoms. The lowest BCUT2D eigenvalue weighted by Gasteiger charge is -2.18. The summed E-state index contributed by atoms with van der Waals surface area (Å²) in [5.41, 5.74) is 0. The Kier molecular flexibility index (Phi) is 47.2. The zero-order valence-corrected chi connectivity index (χ0v) is 40.9. The largest absolute Gasteiger partial charge is 0.462 e. The molecule has 0 bridgehead atoms. The molecule has 0 aromatic rings. The normalized spacial score (nSPS) is 12.4. The van der Waals surface area contributed by atoms with Crippen LogP contribution in [0.3, 0.4) is 0 Å². The topological polar surface area (TPSA) is 78.9 Å². The minimum absolute atomic E-state index is 0.0627. The van der Waals surface area contributed by atoms with Crippen LogP contribution < -0.4 is 0 Å². The van der Waals surface area contributed by atoms with Gasteiger partial charge in [-0.25, -0.2) is 0 Å². The van der Waals surface area contributed by atoms with E-state index >= 15 is 0 Å². The van der Waals surface area contributed by atoms with Crippen molar-refractivity contribution in [3.8, 4) is 0 Å². The quantitative estimate of drug-likeness (QED) is 0.0345. The summed E-state index contributed by atoms with van der Waals surface area (Å²) in [4.78, 5) is 37.8. The molecule has 0 rings (SSSR count). The van der Waals surface area contributed by atoms with E-state index in [-0.39, 0.29) is 31.1 Å². The molecule has 1 unspecified atom stereocenters. The van der Waals surface area contributed by atoms with Crippen LogP contribution in [-0.4, -0.2) is 37.2 Å². The molecule has 0 aliphatic heterocycles. The number of ether oxygens (including phenoxy) is 3. The predicted octanol–water partition coefficient (Wildman–Crippen LogP) is 17.5. The molecule has 0 spiro atoms. The third kappa shape index (κ3) is 45.9. The third-order valence-corrected chi connectivity index (χ3v) is 12.7. The minimum atomic E-state index is -0.759. The highest BCUT2D eigenvalue weighted by atomic mass is 16.6. The van der Waals surface area contributed by atoms with E-state index in [9.17, 15) is 14.4 Å². The van der Waals surface area contributed by atoms with E-state index in [0.717, 1.165) is 63.7 Å². The smallest absolute Gasteiger partial charge is 0.306 e. The van der Waals surface area contributed by atoms with Crippen LogP contribution >= 0.6 is 0 Å². The van der Waals surface area contributed by atoms with Crippen molar-refractivity contribution < 1.29 is 28.6 Å². The number of unbranched alkanes of at least 4 members (excludes halogenated alkanes) is 35. The van der Waals surface area contributed by atoms with E-state index in [1.807, 2.05) is 0 Å². The van der Waals surface area contributed by atoms with Gasteiger partial charge in [-0.15, -0.1) is 0 Å². The molecule has 2 atom stereocenters. The van der Waals surface area contributed by atoms with E-state index in [0.29, 0.717) is 19.3 Å². The number of hydrogen-bond acceptors (Lipinski definition) is 6. The highest BCUT2D eigenvalue weighted by Crippen LogP contribution is 2.18. The number of rotatable bonds is 49. The Bertz CT molecular complexity index is 905. The Morgan fingerprint density at radius 3 is 0.867 bits per heavy atom. The Hall–Kier alpha value is -1.59. The maximum Gasteiger partial charge on any atom is 0.306 e. The van der Waals surface area contributed by atoms with Gasteiger partial charge in [-0.3, -0.25) is 14.4 Å². The van der Waals surface area contributed by atoms with Crippen LogP contribution in [-0.2, 0) is 28.6 Å². The Morgan fingerprint density at radius 2 is 0.583 bits per heavy atom. The van der Waals surface area contributed by atoms with Crippen LogP contribution in [0, 0.1) is 5.92 Å². The summed E-state index contributed by atoms with van der Waals surface area (Å²) in [6.07, 6.45) is 50.9. The maximum absolute atomic E-state index is 12.7. The van der Waals surface area contributed by atoms with Crippen LogP contribution in [0.25, 0.3) is 0 Å². The maximum atomic E-state index is 12.7. The number of carbonyl (C=O) groups excluding carboxylic acids is 3. The molecule has 0 saturated heterocycles. The van der Waals surface area contributed by atoms with Crippen molar-refractivity contribution in [1.82, 2.24) is 0 Å². The lowest BCUT2D eigenvalue weighted by Crippen LogP contribution is -2.30. The molecule has 356 valence electrons. The first-order valence-corrected chi connectivity index (χ1v) is 26.9. The van der Waals surface area contributed by atoms with E-state index in [4.69, 9.17) is 14.2 Å². The Labute approximate surface area is 374 Å². The molecule has 0 radical (unpaired) electrons. The number of esters is 3. The van der Waals surface area contributed by atoms with Gasteiger partial charge in [-0.05, 0) is 25.2 Å². The second kappa shape index (κ2) is 48.4. The number of hydrogen-bond donors (Lipinski definition) is 0. The average Bonchev–Trinajstić information content (AvgIpc) is 3.25. The van der Waals surface area contributed by atoms with Gasteiger partial charge in [-0.1, -0.05) is 265 Å². The summed E-state index contributed by atoms with van der Waals surface area (Å²) < 4.78 is 16.8. The van der Waals surface area contributed by atoms with Crippen molar-refractivity contribution in [3.63, 3.8) is 0 Å². The highest BCUT2D eigenvalue weighted by molar-refractivity contribution is 5.71. The lowest BCUT2D eigenvalue weighted by atomic mass is 9.99. The van der Waals surface area contributed by atoms with Crippen molar-refractivity contribution in [2.75, 3.05) is 13.2 Å². The molecule has 0 aliphatic rings. The van der Waals surface area contributed by atoms with Gasteiger partial charge in [-0.2, -0.15) is 0 Å². The van der Waals surface area contributed by atoms with Gasteiger partial charge in [0.05, 0.1) is 0 Å². The van der Waals surface area contributed by atoms with Crippen LogP contribution in [0.15, 0.2) is 0 Å². The predicted molar refractivity (Wildman–Crippen MR) is 257 cm³/mol. The monoisotopic (exact) mass is 849 g/mol. The fourth-order valence-electron chi connectivity index (χ4n) is 8.19. The van der Waals surface area contributed by atoms with E-state index in [2.05, 4.69) is 27.7 Å². The molecular formula is C54H104O6. The van der Waals surface area contributed by atoms with Gasteiger partial charge >= 0.3 is 17.9 Å². The van der Waals surface area contributed by atoms with E-state index in [1.54, 1.807) is 0 Å². The van der Waals surface area contributed by atoms with Crippen molar-refractivity contribution >= 4 is 17.9 Å². The van der Waals surface area contributed by atoms with Gasteiger partial charge in [0.2, 0.25) is 0 Å². The minimum Gasteiger partial charge on any atom is -0.462 e. The standard InChI is InChI=1S/C54H104O6/c1-5-8-10-12-14-16-25-30-33-37-41-45-52(55)58-48-51(60-54(57)47-43-39-35-28-15-13-11-9-6-2)49-59-53(56)46-42-38-34-31-27-24-22-20-18-17-19-21-23-26-29-32-36-40-44-50(4)7-3/h50-51H,5-49H2,1-4H3/t50?,51-/m0/s1. The third-order valence-electron chi connectivity index (χ3n) is 12.7. The Balaban J connectivity index is 4.13. The summed E-state index contributed by atoms with van der Waals surface area (Å²) in [5.74, 6) is 0.0636. The molecule has 6 nitrogen and oxygen atoms in total. The molecule has 0 saturated carbocycles. The van der Waals surface area contributed by atoms with Gasteiger partial charge in [0.15, 0.2) is 6.10 Å². The summed E-state index contributed by atoms with van der Waals surface area (Å²) in [6, 6.07) is 0. The molecule has 0 fully saturated rings. The zero-order chi connectivity index (χ0) is 43.8. The first kappa shape index (κ1) is 58.4. The first-order chi connectivity index (χ1) is 29.4. The van der Waals surface area contributed by atoms with Gasteiger partial charge < -0.3 is 14.2 Å². The zero-order valence-electron chi connectivity index (χ0n) is 40.9. The SMILES string of the molecule is CCCCCCCCCCCCCC(=O)OC[C@@H](COC(=O)CCCCCCCCCCCCCCCCCCCCC(C)CC)OC(=O)CCCCCCCCCCC. The summed E-state index contributed by atoms with van der Waals surface area (Å²) in [6.45, 7) is 9.06. The van der Waals surface area contributed by atoms with Gasteiger partial charge in [0.25, 0.3) is 0 Å². The van der Waals surface area contributed by atoms with Crippen LogP contribution in [0.5, 0.6) is 0 Å². The van der Waals surface area contributed by atoms with Crippen molar-refractivity contribution in [3.05, 3.63) is 0 Å². The van der Waals surface area contributed by atoms with E-state index < -0.39 is 6.10 Å². The summed E-state index contributed by atoms with van der Waals surface area (Å²) >= 11 is 0. The van der Waals surface area contributed by atoms with Gasteiger partial charge in [0.1, 0.15) is 13.2 Å². The molecule has 0 N–H and O–H groups in total. The van der Waals surface area contributed by atoms with E-state index in [1.165, 1.54) is 199 Å². The second-order valence-electron chi connectivity index (χ2n) is 18.8. The lowest BCUT2D eigenvalue weighted by molar-refractivity contribution is -0.167. The fourth-order valence-corrected chi connectivity index (χ4v) is 8.19. The first-order valence-electron chi connectivity index (χ1n) is 26.9. The fraction of sp³-hybridized carbons (Fsp3) is 0.944. The average molecular weight is 849 g/mol. The Morgan fingerprint density at radius 1 is 0.333 bits per heavy atom. The van der Waals surface area contributed by atoms with Crippen LogP contribution in [0.4, 0.5) is 0 Å². The number of carbonyl (C=O) groups is 3. The molecule has 60 heavy (non-hydrogen) atoms. The van der Waals surface area contributed by atoms with Crippen LogP contribution in [0.2, 0.25) is 0 Å². The molecule has 0 aromatic carbocycles. The molecule has 0 amide bonds. The molecular weight excluding hydrogens is 745 g/mol. The molecule has 0 aromatic heterocycles. The van der Waals surface area contributed by atoms with Gasteiger partial charge in [0, 0.05) is 19.3 Å². The molecule has 0 aliphatic carbocycles. The summed E-state index contributed by atoms with van der Waals surface area (Å²) in [5, 5.41) is 0. The summed E-state index contributed by atoms with van der Waals surface area (Å²) in [7, 11) is 0. The van der Waals surface area contributed by atoms with Crippen LogP contribution in [0.1, 0.15) is 304 Å². The van der Waals surface area contributed by atoms with Crippen molar-refractivity contribution in [2.24, 2.45) is 5.92 Å².